The lowest BCUT2D eigenvalue weighted by molar-refractivity contribution is -0.223. The second kappa shape index (κ2) is 10.8. The number of amides is 1. The summed E-state index contributed by atoms with van der Waals surface area (Å²) in [6, 6.07) is 15.9. The number of phenolic OH excluding ortho intramolecular Hbond substituents is 1. The van der Waals surface area contributed by atoms with Gasteiger partial charge in [-0.1, -0.05) is 36.4 Å². The molecular weight excluding hydrogens is 628 g/mol. The summed E-state index contributed by atoms with van der Waals surface area (Å²) in [4.78, 5) is 31.7. The number of aromatic hydroxyl groups is 1. The summed E-state index contributed by atoms with van der Waals surface area (Å²) in [6.45, 7) is 3.16. The first-order chi connectivity index (χ1) is 20.7. The number of benzene rings is 2. The molecule has 4 aliphatic rings. The summed E-state index contributed by atoms with van der Waals surface area (Å²) in [5.41, 5.74) is 1.88. The van der Waals surface area contributed by atoms with Gasteiger partial charge in [-0.3, -0.25) is 14.5 Å². The highest BCUT2D eigenvalue weighted by Crippen LogP contribution is 2.67. The second-order valence-corrected chi connectivity index (χ2v) is 14.1. The van der Waals surface area contributed by atoms with Gasteiger partial charge in [-0.15, -0.1) is 11.3 Å². The van der Waals surface area contributed by atoms with E-state index in [2.05, 4.69) is 45.1 Å². The Morgan fingerprint density at radius 2 is 2.05 bits per heavy atom. The number of esters is 1. The van der Waals surface area contributed by atoms with Crippen molar-refractivity contribution in [2.24, 2.45) is 0 Å². The summed E-state index contributed by atoms with van der Waals surface area (Å²) < 4.78 is 14.3. The van der Waals surface area contributed by atoms with E-state index in [-0.39, 0.29) is 29.7 Å². The van der Waals surface area contributed by atoms with Gasteiger partial charge in [0.05, 0.1) is 17.5 Å². The predicted molar refractivity (Wildman–Crippen MR) is 169 cm³/mol. The molecule has 3 aromatic rings. The summed E-state index contributed by atoms with van der Waals surface area (Å²) in [6.07, 6.45) is 6.55. The van der Waals surface area contributed by atoms with Crippen molar-refractivity contribution in [3.05, 3.63) is 86.0 Å². The molecule has 1 amide bonds. The zero-order valence-corrected chi connectivity index (χ0v) is 26.7. The molecule has 0 radical (unpaired) electrons. The molecule has 224 valence electrons. The molecular formula is C34H35BrN2O5S. The van der Waals surface area contributed by atoms with Crippen molar-refractivity contribution >= 4 is 45.2 Å². The van der Waals surface area contributed by atoms with Crippen molar-refractivity contribution in [2.75, 3.05) is 20.1 Å². The fourth-order valence-electron chi connectivity index (χ4n) is 8.47. The average Bonchev–Trinajstić information content (AvgIpc) is 3.57. The van der Waals surface area contributed by atoms with Gasteiger partial charge in [0.2, 0.25) is 5.91 Å². The van der Waals surface area contributed by atoms with Crippen LogP contribution in [0.15, 0.2) is 64.5 Å². The maximum absolute atomic E-state index is 13.5. The van der Waals surface area contributed by atoms with Crippen LogP contribution in [0.2, 0.25) is 0 Å². The Bertz CT molecular complexity index is 1610. The lowest BCUT2D eigenvalue weighted by Gasteiger charge is -2.65. The Balaban J connectivity index is 1.27. The number of halogens is 1. The number of nitrogens with zero attached hydrogens (tertiary/aromatic N) is 2. The topological polar surface area (TPSA) is 79.3 Å². The molecule has 1 spiro atoms. The number of phenols is 1. The molecule has 2 bridgehead atoms. The van der Waals surface area contributed by atoms with E-state index in [1.807, 2.05) is 36.7 Å². The first-order valence-electron chi connectivity index (χ1n) is 14.9. The number of hydrogen-bond acceptors (Lipinski definition) is 7. The van der Waals surface area contributed by atoms with Crippen molar-refractivity contribution in [3.63, 3.8) is 0 Å². The number of thiophene rings is 1. The molecule has 2 fully saturated rings. The predicted octanol–water partition coefficient (Wildman–Crippen LogP) is 5.72. The van der Waals surface area contributed by atoms with Gasteiger partial charge in [0.25, 0.3) is 0 Å². The zero-order chi connectivity index (χ0) is 29.9. The smallest absolute Gasteiger partial charge is 0.303 e. The molecule has 3 heterocycles. The van der Waals surface area contributed by atoms with E-state index < -0.39 is 17.1 Å². The molecule has 43 heavy (non-hydrogen) atoms. The van der Waals surface area contributed by atoms with Crippen LogP contribution in [0, 0.1) is 0 Å². The van der Waals surface area contributed by atoms with Gasteiger partial charge in [0.15, 0.2) is 11.5 Å². The first-order valence-corrected chi connectivity index (χ1v) is 16.6. The Morgan fingerprint density at radius 1 is 1.23 bits per heavy atom. The zero-order valence-electron chi connectivity index (χ0n) is 24.3. The Hall–Kier alpha value is -3.14. The number of likely N-dealkylation sites (N-methyl/N-ethyl adjacent to an activating group) is 1. The number of piperidine rings is 1. The van der Waals surface area contributed by atoms with Crippen LogP contribution in [0.25, 0.3) is 6.08 Å². The monoisotopic (exact) mass is 662 g/mol. The van der Waals surface area contributed by atoms with Gasteiger partial charge in [-0.2, -0.15) is 0 Å². The second-order valence-electron chi connectivity index (χ2n) is 12.2. The van der Waals surface area contributed by atoms with Gasteiger partial charge in [0.1, 0.15) is 11.7 Å². The van der Waals surface area contributed by atoms with Crippen LogP contribution in [0.3, 0.4) is 0 Å². The van der Waals surface area contributed by atoms with Gasteiger partial charge < -0.3 is 19.5 Å². The molecule has 1 saturated heterocycles. The molecule has 7 nitrogen and oxygen atoms in total. The SMILES string of the molecule is CC(=O)O[C@@]12CC[C@H](N(C)C(=O)/C=C/c3cc(Br)cs3)[C@@H]3Oc4c(O)ccc5c4[C@@]31CCN(CCc1ccccc1)[C@@H]2C5. The highest BCUT2D eigenvalue weighted by Gasteiger charge is 2.75. The molecule has 1 aromatic heterocycles. The number of carbonyl (C=O) groups excluding carboxylic acids is 2. The van der Waals surface area contributed by atoms with Crippen molar-refractivity contribution in [3.8, 4) is 11.5 Å². The molecule has 0 unspecified atom stereocenters. The normalized spacial score (nSPS) is 28.8. The van der Waals surface area contributed by atoms with Gasteiger partial charge in [-0.05, 0) is 83.9 Å². The lowest BCUT2D eigenvalue weighted by Crippen LogP contribution is -2.79. The minimum Gasteiger partial charge on any atom is -0.504 e. The van der Waals surface area contributed by atoms with E-state index >= 15 is 0 Å². The first kappa shape index (κ1) is 28.6. The largest absolute Gasteiger partial charge is 0.504 e. The molecule has 1 saturated carbocycles. The van der Waals surface area contributed by atoms with Gasteiger partial charge in [-0.25, -0.2) is 0 Å². The third-order valence-electron chi connectivity index (χ3n) is 10.2. The maximum Gasteiger partial charge on any atom is 0.303 e. The van der Waals surface area contributed by atoms with E-state index in [1.54, 1.807) is 28.4 Å². The Morgan fingerprint density at radius 3 is 2.79 bits per heavy atom. The van der Waals surface area contributed by atoms with Crippen molar-refractivity contribution in [1.82, 2.24) is 9.80 Å². The molecule has 9 heteroatoms. The highest BCUT2D eigenvalue weighted by molar-refractivity contribution is 9.10. The molecule has 2 aromatic carbocycles. The number of ether oxygens (including phenoxy) is 2. The van der Waals surface area contributed by atoms with E-state index in [4.69, 9.17) is 9.47 Å². The average molecular weight is 664 g/mol. The van der Waals surface area contributed by atoms with Crippen LogP contribution in [-0.2, 0) is 32.6 Å². The number of likely N-dealkylation sites (tertiary alicyclic amines) is 1. The lowest BCUT2D eigenvalue weighted by atomic mass is 9.48. The Labute approximate surface area is 264 Å². The van der Waals surface area contributed by atoms with Gasteiger partial charge >= 0.3 is 5.97 Å². The fraction of sp³-hybridized carbons (Fsp3) is 0.412. The number of rotatable bonds is 7. The van der Waals surface area contributed by atoms with Crippen LogP contribution in [0.1, 0.15) is 47.8 Å². The van der Waals surface area contributed by atoms with E-state index in [0.29, 0.717) is 31.4 Å². The van der Waals surface area contributed by atoms with Crippen molar-refractivity contribution < 1.29 is 24.2 Å². The Kier molecular flexibility index (Phi) is 7.18. The van der Waals surface area contributed by atoms with Gasteiger partial charge in [0, 0.05) is 46.9 Å². The summed E-state index contributed by atoms with van der Waals surface area (Å²) >= 11 is 5.04. The minimum absolute atomic E-state index is 0.0397. The van der Waals surface area contributed by atoms with Crippen LogP contribution in [0.4, 0.5) is 0 Å². The molecule has 2 aliphatic carbocycles. The molecule has 5 atom stereocenters. The quantitative estimate of drug-likeness (QED) is 0.257. The van der Waals surface area contributed by atoms with Crippen molar-refractivity contribution in [2.45, 2.75) is 68.2 Å². The number of hydrogen-bond donors (Lipinski definition) is 1. The third kappa shape index (κ3) is 4.46. The third-order valence-corrected chi connectivity index (χ3v) is 11.8. The summed E-state index contributed by atoms with van der Waals surface area (Å²) in [7, 11) is 1.83. The molecule has 7 rings (SSSR count). The molecule has 1 N–H and O–H groups in total. The number of carbonyl (C=O) groups is 2. The highest BCUT2D eigenvalue weighted by atomic mass is 79.9. The maximum atomic E-state index is 13.5. The van der Waals surface area contributed by atoms with Crippen molar-refractivity contribution in [1.29, 1.82) is 0 Å². The van der Waals surface area contributed by atoms with E-state index in [1.165, 1.54) is 12.5 Å². The van der Waals surface area contributed by atoms with Crippen LogP contribution in [0.5, 0.6) is 11.5 Å². The summed E-state index contributed by atoms with van der Waals surface area (Å²) in [5, 5.41) is 13.0. The standard InChI is InChI=1S/C34H35BrN2O5S/c1-21(38)42-34-14-12-26(36(2)29(40)11-9-25-19-24(35)20-43-25)32-33(34)15-17-37(16-13-22-6-4-3-5-7-22)28(34)18-23-8-10-27(39)31(41-32)30(23)33/h3-11,19-20,26,28,32,39H,12-18H2,1-2H3/b11-9+/t26-,28+,32-,33-,34+/m0/s1. The summed E-state index contributed by atoms with van der Waals surface area (Å²) in [5.74, 6) is 0.169. The van der Waals surface area contributed by atoms with E-state index in [9.17, 15) is 14.7 Å². The molecule has 2 aliphatic heterocycles. The fourth-order valence-corrected chi connectivity index (χ4v) is 9.81. The van der Waals surface area contributed by atoms with Crippen LogP contribution < -0.4 is 4.74 Å². The van der Waals surface area contributed by atoms with Crippen LogP contribution >= 0.6 is 27.3 Å². The van der Waals surface area contributed by atoms with Crippen LogP contribution in [-0.4, -0.2) is 70.7 Å². The van der Waals surface area contributed by atoms with E-state index in [0.717, 1.165) is 40.0 Å². The minimum atomic E-state index is -0.829.